The van der Waals surface area contributed by atoms with Gasteiger partial charge in [-0.1, -0.05) is 140 Å². The third kappa shape index (κ3) is 4.09. The van der Waals surface area contributed by atoms with Gasteiger partial charge >= 0.3 is 0 Å². The Kier molecular flexibility index (Phi) is 7.69. The van der Waals surface area contributed by atoms with Gasteiger partial charge in [0.1, 0.15) is 0 Å². The Morgan fingerprint density at radius 2 is 1.00 bits per heavy atom. The third-order valence-corrected chi connectivity index (χ3v) is 7.36. The fourth-order valence-electron chi connectivity index (χ4n) is 5.91. The molecule has 0 nitrogen and oxygen atoms in total. The van der Waals surface area contributed by atoms with E-state index in [0.717, 1.165) is 0 Å². The first-order chi connectivity index (χ1) is 18.1. The van der Waals surface area contributed by atoms with E-state index in [4.69, 9.17) is 0 Å². The smallest absolute Gasteiger partial charge is 0.0165 e. The van der Waals surface area contributed by atoms with Crippen LogP contribution in [0, 0.1) is 0 Å². The summed E-state index contributed by atoms with van der Waals surface area (Å²) >= 11 is 0. The minimum absolute atomic E-state index is 0.0475. The molecule has 0 heterocycles. The van der Waals surface area contributed by atoms with Crippen molar-refractivity contribution in [2.24, 2.45) is 0 Å². The maximum atomic E-state index is 2.39. The van der Waals surface area contributed by atoms with Gasteiger partial charge in [-0.15, -0.1) is 0 Å². The lowest BCUT2D eigenvalue weighted by atomic mass is 9.79. The second kappa shape index (κ2) is 10.8. The lowest BCUT2D eigenvalue weighted by molar-refractivity contribution is 0.667. The molecule has 0 unspecified atom stereocenters. The van der Waals surface area contributed by atoms with Crippen LogP contribution in [0.4, 0.5) is 0 Å². The van der Waals surface area contributed by atoms with E-state index in [1.807, 2.05) is 41.5 Å². The third-order valence-electron chi connectivity index (χ3n) is 7.36. The SMILES string of the molecule is CC.CC.CC.CC1(C)c2ccc3cc4ccccc4cc3c2-c2ccc3ccc4ccccc4c3c21. The maximum Gasteiger partial charge on any atom is 0.0165 e. The number of rotatable bonds is 0. The predicted octanol–water partition coefficient (Wildman–Crippen LogP) is 11.7. The normalized spacial score (nSPS) is 12.5. The first kappa shape index (κ1) is 26.4. The topological polar surface area (TPSA) is 0 Å². The second-order valence-corrected chi connectivity index (χ2v) is 9.41. The van der Waals surface area contributed by atoms with Crippen molar-refractivity contribution in [3.63, 3.8) is 0 Å². The fourth-order valence-corrected chi connectivity index (χ4v) is 5.91. The van der Waals surface area contributed by atoms with Crippen LogP contribution in [-0.2, 0) is 5.41 Å². The highest BCUT2D eigenvalue weighted by atomic mass is 14.4. The second-order valence-electron chi connectivity index (χ2n) is 9.41. The zero-order valence-electron chi connectivity index (χ0n) is 23.7. The van der Waals surface area contributed by atoms with Crippen molar-refractivity contribution >= 4 is 43.1 Å². The number of hydrogen-bond donors (Lipinski definition) is 0. The average molecular weight is 485 g/mol. The van der Waals surface area contributed by atoms with Gasteiger partial charge in [0.15, 0.2) is 0 Å². The van der Waals surface area contributed by atoms with Gasteiger partial charge in [0.25, 0.3) is 0 Å². The van der Waals surface area contributed by atoms with E-state index in [9.17, 15) is 0 Å². The first-order valence-corrected chi connectivity index (χ1v) is 14.0. The number of fused-ring (bicyclic) bond motifs is 10. The molecule has 0 bridgehead atoms. The predicted molar refractivity (Wildman–Crippen MR) is 168 cm³/mol. The van der Waals surface area contributed by atoms with Crippen LogP contribution < -0.4 is 0 Å². The van der Waals surface area contributed by atoms with Gasteiger partial charge in [0, 0.05) is 5.41 Å². The molecule has 0 heteroatoms. The molecule has 6 aromatic rings. The van der Waals surface area contributed by atoms with Crippen LogP contribution in [0.5, 0.6) is 0 Å². The lowest BCUT2D eigenvalue weighted by Crippen LogP contribution is -2.15. The standard InChI is InChI=1S/C31H22.3C2H6/c1-31(2)27-16-14-23-17-21-8-3-4-9-22(21)18-26(23)29(27)25-15-13-20-12-11-19-7-5-6-10-24(19)28(20)30(25)31;3*1-2/h3-18H,1-2H3;3*1-2H3. The molecule has 37 heavy (non-hydrogen) atoms. The van der Waals surface area contributed by atoms with Crippen LogP contribution in [0.1, 0.15) is 66.5 Å². The zero-order chi connectivity index (χ0) is 26.7. The summed E-state index contributed by atoms with van der Waals surface area (Å²) in [6.07, 6.45) is 0. The van der Waals surface area contributed by atoms with Crippen molar-refractivity contribution in [1.82, 2.24) is 0 Å². The molecule has 0 spiro atoms. The quantitative estimate of drug-likeness (QED) is 0.148. The van der Waals surface area contributed by atoms with E-state index in [0.29, 0.717) is 0 Å². The average Bonchev–Trinajstić information content (AvgIpc) is 3.21. The summed E-state index contributed by atoms with van der Waals surface area (Å²) in [5.41, 5.74) is 5.67. The molecule has 6 aromatic carbocycles. The first-order valence-electron chi connectivity index (χ1n) is 14.0. The van der Waals surface area contributed by atoms with Gasteiger partial charge in [-0.25, -0.2) is 0 Å². The van der Waals surface area contributed by atoms with Gasteiger partial charge in [-0.3, -0.25) is 0 Å². The largest absolute Gasteiger partial charge is 0.0683 e. The Bertz CT molecular complexity index is 1700. The summed E-state index contributed by atoms with van der Waals surface area (Å²) in [5.74, 6) is 0. The highest BCUT2D eigenvalue weighted by Gasteiger charge is 2.38. The van der Waals surface area contributed by atoms with E-state index in [2.05, 4.69) is 111 Å². The van der Waals surface area contributed by atoms with Gasteiger partial charge in [0.05, 0.1) is 0 Å². The van der Waals surface area contributed by atoms with Crippen LogP contribution in [-0.4, -0.2) is 0 Å². The molecule has 0 saturated carbocycles. The van der Waals surface area contributed by atoms with Crippen LogP contribution in [0.2, 0.25) is 0 Å². The monoisotopic (exact) mass is 484 g/mol. The van der Waals surface area contributed by atoms with Gasteiger partial charge in [-0.2, -0.15) is 0 Å². The van der Waals surface area contributed by atoms with Gasteiger partial charge < -0.3 is 0 Å². The summed E-state index contributed by atoms with van der Waals surface area (Å²) in [7, 11) is 0. The molecule has 0 radical (unpaired) electrons. The number of hydrogen-bond acceptors (Lipinski definition) is 0. The molecule has 188 valence electrons. The van der Waals surface area contributed by atoms with Crippen LogP contribution in [0.3, 0.4) is 0 Å². The Morgan fingerprint density at radius 3 is 1.70 bits per heavy atom. The lowest BCUT2D eigenvalue weighted by Gasteiger charge is -2.24. The molecule has 0 fully saturated rings. The van der Waals surface area contributed by atoms with E-state index in [1.165, 1.54) is 65.3 Å². The molecule has 0 atom stereocenters. The molecule has 0 amide bonds. The molecule has 0 N–H and O–H groups in total. The molecule has 0 saturated heterocycles. The molecule has 1 aliphatic rings. The molecular formula is C37H40. The summed E-state index contributed by atoms with van der Waals surface area (Å²) in [6.45, 7) is 16.8. The molecular weight excluding hydrogens is 444 g/mol. The fraction of sp³-hybridized carbons (Fsp3) is 0.243. The maximum absolute atomic E-state index is 2.39. The summed E-state index contributed by atoms with van der Waals surface area (Å²) < 4.78 is 0. The van der Waals surface area contributed by atoms with E-state index >= 15 is 0 Å². The summed E-state index contributed by atoms with van der Waals surface area (Å²) in [5, 5.41) is 10.7. The van der Waals surface area contributed by atoms with Crippen LogP contribution in [0.15, 0.2) is 97.1 Å². The number of benzene rings is 6. The Balaban J connectivity index is 0.000000500. The summed E-state index contributed by atoms with van der Waals surface area (Å²) in [6, 6.07) is 36.1. The molecule has 0 aromatic heterocycles. The minimum Gasteiger partial charge on any atom is -0.0683 e. The minimum atomic E-state index is -0.0475. The van der Waals surface area contributed by atoms with Crippen molar-refractivity contribution in [2.45, 2.75) is 60.8 Å². The molecule has 1 aliphatic carbocycles. The van der Waals surface area contributed by atoms with Crippen molar-refractivity contribution in [1.29, 1.82) is 0 Å². The summed E-state index contributed by atoms with van der Waals surface area (Å²) in [4.78, 5) is 0. The van der Waals surface area contributed by atoms with Crippen LogP contribution >= 0.6 is 0 Å². The van der Waals surface area contributed by atoms with Crippen molar-refractivity contribution in [3.8, 4) is 11.1 Å². The van der Waals surface area contributed by atoms with Crippen molar-refractivity contribution in [2.75, 3.05) is 0 Å². The van der Waals surface area contributed by atoms with Crippen molar-refractivity contribution in [3.05, 3.63) is 108 Å². The molecule has 7 rings (SSSR count). The van der Waals surface area contributed by atoms with E-state index in [1.54, 1.807) is 0 Å². The highest BCUT2D eigenvalue weighted by Crippen LogP contribution is 2.54. The highest BCUT2D eigenvalue weighted by molar-refractivity contribution is 6.16. The Hall–Kier alpha value is -3.64. The van der Waals surface area contributed by atoms with Crippen molar-refractivity contribution < 1.29 is 0 Å². The Morgan fingerprint density at radius 1 is 0.459 bits per heavy atom. The van der Waals surface area contributed by atoms with Gasteiger partial charge in [0.2, 0.25) is 0 Å². The van der Waals surface area contributed by atoms with Crippen LogP contribution in [0.25, 0.3) is 54.2 Å². The van der Waals surface area contributed by atoms with Gasteiger partial charge in [-0.05, 0) is 77.5 Å². The van der Waals surface area contributed by atoms with E-state index in [-0.39, 0.29) is 5.41 Å². The van der Waals surface area contributed by atoms with E-state index < -0.39 is 0 Å². The molecule has 0 aliphatic heterocycles. The zero-order valence-corrected chi connectivity index (χ0v) is 23.7. The Labute approximate surface area is 223 Å².